The van der Waals surface area contributed by atoms with Gasteiger partial charge in [0.2, 0.25) is 0 Å². The topological polar surface area (TPSA) is 107 Å². The predicted octanol–water partition coefficient (Wildman–Crippen LogP) is 2.50. The van der Waals surface area contributed by atoms with Crippen molar-refractivity contribution in [3.05, 3.63) is 39.9 Å². The van der Waals surface area contributed by atoms with Crippen LogP contribution in [0, 0.1) is 16.0 Å². The highest BCUT2D eigenvalue weighted by Crippen LogP contribution is 2.29. The predicted molar refractivity (Wildman–Crippen MR) is 69.7 cm³/mol. The van der Waals surface area contributed by atoms with Gasteiger partial charge in [-0.15, -0.1) is 0 Å². The second-order valence-electron chi connectivity index (χ2n) is 4.77. The van der Waals surface area contributed by atoms with E-state index in [0.717, 1.165) is 12.1 Å². The van der Waals surface area contributed by atoms with Crippen LogP contribution >= 0.6 is 0 Å². The van der Waals surface area contributed by atoms with Crippen LogP contribution in [0.25, 0.3) is 0 Å². The molecule has 1 atom stereocenters. The van der Waals surface area contributed by atoms with Crippen molar-refractivity contribution >= 4 is 17.6 Å². The van der Waals surface area contributed by atoms with Crippen LogP contribution in [0.4, 0.5) is 14.5 Å². The zero-order chi connectivity index (χ0) is 17.1. The van der Waals surface area contributed by atoms with E-state index in [4.69, 9.17) is 5.11 Å². The van der Waals surface area contributed by atoms with Gasteiger partial charge in [-0.2, -0.15) is 8.78 Å². The van der Waals surface area contributed by atoms with E-state index in [1.807, 2.05) is 0 Å². The molecule has 120 valence electrons. The van der Waals surface area contributed by atoms with Crippen molar-refractivity contribution in [1.29, 1.82) is 0 Å². The van der Waals surface area contributed by atoms with E-state index in [1.165, 1.54) is 26.0 Å². The van der Waals surface area contributed by atoms with E-state index in [0.29, 0.717) is 0 Å². The van der Waals surface area contributed by atoms with Gasteiger partial charge in [-0.25, -0.2) is 9.59 Å². The van der Waals surface area contributed by atoms with Crippen molar-refractivity contribution < 1.29 is 33.1 Å². The number of ether oxygens (including phenoxy) is 1. The lowest BCUT2D eigenvalue weighted by atomic mass is 10.0. The minimum atomic E-state index is -4.31. The highest BCUT2D eigenvalue weighted by molar-refractivity contribution is 5.94. The number of hydrogen-bond donors (Lipinski definition) is 1. The SMILES string of the molecule is CC(C)C(OC(=O)c1ccccc1[N+](=O)[O-])C(F)(F)C(=O)O. The smallest absolute Gasteiger partial charge is 0.378 e. The Morgan fingerprint density at radius 3 is 2.32 bits per heavy atom. The standard InChI is InChI=1S/C13H13F2NO6/c1-7(2)10(13(14,15)12(18)19)22-11(17)8-5-3-4-6-9(8)16(20)21/h3-7,10H,1-2H3,(H,18,19). The minimum absolute atomic E-state index is 0.528. The van der Waals surface area contributed by atoms with Crippen LogP contribution in [0.3, 0.4) is 0 Å². The number of alkyl halides is 2. The molecule has 0 aliphatic heterocycles. The summed E-state index contributed by atoms with van der Waals surface area (Å²) < 4.78 is 31.7. The molecular weight excluding hydrogens is 304 g/mol. The van der Waals surface area contributed by atoms with E-state index < -0.39 is 46.1 Å². The number of halogens is 2. The second kappa shape index (κ2) is 6.46. The Morgan fingerprint density at radius 1 is 1.32 bits per heavy atom. The molecule has 1 aromatic rings. The van der Waals surface area contributed by atoms with Crippen LogP contribution in [0.5, 0.6) is 0 Å². The van der Waals surface area contributed by atoms with E-state index in [1.54, 1.807) is 0 Å². The molecule has 7 nitrogen and oxygen atoms in total. The number of benzene rings is 1. The summed E-state index contributed by atoms with van der Waals surface area (Å²) in [4.78, 5) is 32.5. The molecule has 0 aromatic heterocycles. The van der Waals surface area contributed by atoms with Gasteiger partial charge in [0, 0.05) is 6.07 Å². The van der Waals surface area contributed by atoms with Crippen molar-refractivity contribution in [3.63, 3.8) is 0 Å². The molecule has 0 radical (unpaired) electrons. The summed E-state index contributed by atoms with van der Waals surface area (Å²) in [6, 6.07) is 4.64. The molecule has 0 aliphatic carbocycles. The fraction of sp³-hybridized carbons (Fsp3) is 0.385. The molecule has 0 saturated carbocycles. The monoisotopic (exact) mass is 317 g/mol. The number of para-hydroxylation sites is 1. The van der Waals surface area contributed by atoms with Crippen LogP contribution in [-0.2, 0) is 9.53 Å². The molecule has 0 bridgehead atoms. The summed E-state index contributed by atoms with van der Waals surface area (Å²) in [6.07, 6.45) is -2.25. The normalized spacial score (nSPS) is 12.8. The molecule has 22 heavy (non-hydrogen) atoms. The van der Waals surface area contributed by atoms with Crippen molar-refractivity contribution in [2.24, 2.45) is 5.92 Å². The van der Waals surface area contributed by atoms with Crippen LogP contribution in [0.15, 0.2) is 24.3 Å². The van der Waals surface area contributed by atoms with Crippen LogP contribution in [0.1, 0.15) is 24.2 Å². The maximum absolute atomic E-state index is 13.6. The van der Waals surface area contributed by atoms with Gasteiger partial charge in [-0.05, 0) is 12.0 Å². The Bertz CT molecular complexity index is 602. The van der Waals surface area contributed by atoms with Crippen molar-refractivity contribution in [3.8, 4) is 0 Å². The third-order valence-corrected chi connectivity index (χ3v) is 2.80. The second-order valence-corrected chi connectivity index (χ2v) is 4.77. The Labute approximate surface area is 123 Å². The number of carbonyl (C=O) groups is 2. The number of aliphatic carboxylic acids is 1. The number of hydrogen-bond acceptors (Lipinski definition) is 5. The van der Waals surface area contributed by atoms with Crippen LogP contribution in [0.2, 0.25) is 0 Å². The summed E-state index contributed by atoms with van der Waals surface area (Å²) in [6.45, 7) is 2.49. The summed E-state index contributed by atoms with van der Waals surface area (Å²) >= 11 is 0. The largest absolute Gasteiger partial charge is 0.477 e. The first-order valence-electron chi connectivity index (χ1n) is 6.14. The summed E-state index contributed by atoms with van der Waals surface area (Å²) in [7, 11) is 0. The van der Waals surface area contributed by atoms with Gasteiger partial charge in [0.25, 0.3) is 5.69 Å². The van der Waals surface area contributed by atoms with Gasteiger partial charge in [-0.3, -0.25) is 10.1 Å². The third-order valence-electron chi connectivity index (χ3n) is 2.80. The quantitative estimate of drug-likeness (QED) is 0.491. The molecule has 0 heterocycles. The molecule has 1 N–H and O–H groups in total. The number of esters is 1. The first-order valence-corrected chi connectivity index (χ1v) is 6.14. The average molecular weight is 317 g/mol. The number of carboxylic acids is 1. The van der Waals surface area contributed by atoms with E-state index in [2.05, 4.69) is 4.74 Å². The number of nitro benzene ring substituents is 1. The molecule has 9 heteroatoms. The number of carbonyl (C=O) groups excluding carboxylic acids is 1. The molecule has 0 spiro atoms. The Hall–Kier alpha value is -2.58. The zero-order valence-corrected chi connectivity index (χ0v) is 11.7. The minimum Gasteiger partial charge on any atom is -0.477 e. The Balaban J connectivity index is 3.14. The van der Waals surface area contributed by atoms with Crippen molar-refractivity contribution in [2.75, 3.05) is 0 Å². The fourth-order valence-electron chi connectivity index (χ4n) is 1.73. The first-order chi connectivity index (χ1) is 10.1. The number of carboxylic acid groups (broad SMARTS) is 1. The van der Waals surface area contributed by atoms with Gasteiger partial charge in [0.05, 0.1) is 4.92 Å². The molecule has 0 aliphatic rings. The number of nitro groups is 1. The fourth-order valence-corrected chi connectivity index (χ4v) is 1.73. The van der Waals surface area contributed by atoms with Gasteiger partial charge < -0.3 is 9.84 Å². The molecular formula is C13H13F2NO6. The van der Waals surface area contributed by atoms with Crippen molar-refractivity contribution in [1.82, 2.24) is 0 Å². The first kappa shape index (κ1) is 17.5. The van der Waals surface area contributed by atoms with Gasteiger partial charge in [0.1, 0.15) is 5.56 Å². The maximum atomic E-state index is 13.6. The van der Waals surface area contributed by atoms with Crippen LogP contribution < -0.4 is 0 Å². The molecule has 0 fully saturated rings. The lowest BCUT2D eigenvalue weighted by Crippen LogP contribution is -2.47. The molecule has 1 aromatic carbocycles. The summed E-state index contributed by atoms with van der Waals surface area (Å²) in [5.41, 5.74) is -1.15. The average Bonchev–Trinajstić information content (AvgIpc) is 2.43. The van der Waals surface area contributed by atoms with Gasteiger partial charge in [-0.1, -0.05) is 26.0 Å². The maximum Gasteiger partial charge on any atom is 0.378 e. The van der Waals surface area contributed by atoms with E-state index in [-0.39, 0.29) is 0 Å². The van der Waals surface area contributed by atoms with E-state index in [9.17, 15) is 28.5 Å². The molecule has 1 unspecified atom stereocenters. The lowest BCUT2D eigenvalue weighted by molar-refractivity contribution is -0.385. The molecule has 0 saturated heterocycles. The van der Waals surface area contributed by atoms with Crippen LogP contribution in [-0.4, -0.2) is 34.0 Å². The van der Waals surface area contributed by atoms with E-state index >= 15 is 0 Å². The lowest BCUT2D eigenvalue weighted by Gasteiger charge is -2.26. The number of rotatable bonds is 6. The number of nitrogens with zero attached hydrogens (tertiary/aromatic N) is 1. The zero-order valence-electron chi connectivity index (χ0n) is 11.7. The molecule has 0 amide bonds. The third kappa shape index (κ3) is 3.54. The Morgan fingerprint density at radius 2 is 1.86 bits per heavy atom. The highest BCUT2D eigenvalue weighted by atomic mass is 19.3. The summed E-state index contributed by atoms with van der Waals surface area (Å²) in [5.74, 6) is -9.15. The Kier molecular flexibility index (Phi) is 5.13. The molecule has 1 rings (SSSR count). The summed E-state index contributed by atoms with van der Waals surface area (Å²) in [5, 5.41) is 19.3. The highest BCUT2D eigenvalue weighted by Gasteiger charge is 2.52. The van der Waals surface area contributed by atoms with Gasteiger partial charge >= 0.3 is 17.9 Å². The van der Waals surface area contributed by atoms with Gasteiger partial charge in [0.15, 0.2) is 6.10 Å². The van der Waals surface area contributed by atoms with Crippen molar-refractivity contribution in [2.45, 2.75) is 25.9 Å².